The van der Waals surface area contributed by atoms with Gasteiger partial charge in [-0.3, -0.25) is 0 Å². The fourth-order valence-electron chi connectivity index (χ4n) is 2.54. The Kier molecular flexibility index (Phi) is 2.56. The molecule has 90 valence electrons. The van der Waals surface area contributed by atoms with Gasteiger partial charge in [-0.2, -0.15) is 0 Å². The van der Waals surface area contributed by atoms with E-state index >= 15 is 0 Å². The molecule has 3 aromatic rings. The van der Waals surface area contributed by atoms with E-state index in [1.165, 1.54) is 28.1 Å². The van der Waals surface area contributed by atoms with Gasteiger partial charge in [0.05, 0.1) is 17.3 Å². The van der Waals surface area contributed by atoms with E-state index in [0.717, 1.165) is 0 Å². The van der Waals surface area contributed by atoms with E-state index in [1.54, 1.807) is 0 Å². The second kappa shape index (κ2) is 4.22. The van der Waals surface area contributed by atoms with Gasteiger partial charge in [0.2, 0.25) is 0 Å². The zero-order valence-corrected chi connectivity index (χ0v) is 10.3. The van der Waals surface area contributed by atoms with Crippen LogP contribution in [0.3, 0.4) is 0 Å². The molecule has 1 heterocycles. The maximum absolute atomic E-state index is 5.53. The summed E-state index contributed by atoms with van der Waals surface area (Å²) in [4.78, 5) is 0. The summed E-state index contributed by atoms with van der Waals surface area (Å²) >= 11 is 0. The fraction of sp³-hybridized carbons (Fsp3) is 0.125. The first-order chi connectivity index (χ1) is 8.83. The van der Waals surface area contributed by atoms with E-state index in [0.29, 0.717) is 0 Å². The predicted molar refractivity (Wildman–Crippen MR) is 75.4 cm³/mol. The molecular formula is C16H15NO. The summed E-state index contributed by atoms with van der Waals surface area (Å²) in [6.45, 7) is 5.66. The highest BCUT2D eigenvalue weighted by Crippen LogP contribution is 2.31. The number of fused-ring (bicyclic) bond motifs is 3. The Morgan fingerprint density at radius 1 is 1.00 bits per heavy atom. The lowest BCUT2D eigenvalue weighted by molar-refractivity contribution is 0.107. The van der Waals surface area contributed by atoms with Gasteiger partial charge in [-0.15, -0.1) is 0 Å². The topological polar surface area (TPSA) is 14.2 Å². The van der Waals surface area contributed by atoms with Gasteiger partial charge in [0, 0.05) is 10.8 Å². The first-order valence-electron chi connectivity index (χ1n) is 6.07. The van der Waals surface area contributed by atoms with Crippen LogP contribution in [0.4, 0.5) is 0 Å². The molecule has 0 aliphatic heterocycles. The Labute approximate surface area is 106 Å². The van der Waals surface area contributed by atoms with Crippen molar-refractivity contribution in [3.63, 3.8) is 0 Å². The smallest absolute Gasteiger partial charge is 0.172 e. The molecule has 0 fully saturated rings. The van der Waals surface area contributed by atoms with Crippen molar-refractivity contribution in [2.75, 3.05) is 0 Å². The molecular weight excluding hydrogens is 222 g/mol. The van der Waals surface area contributed by atoms with Crippen LogP contribution < -0.4 is 0 Å². The third kappa shape index (κ3) is 1.50. The molecule has 0 amide bonds. The summed E-state index contributed by atoms with van der Waals surface area (Å²) < 4.78 is 7.73. The van der Waals surface area contributed by atoms with Crippen LogP contribution in [0, 0.1) is 0 Å². The summed E-state index contributed by atoms with van der Waals surface area (Å²) in [5.74, 6) is 0. The Hall–Kier alpha value is -2.22. The number of para-hydroxylation sites is 2. The minimum absolute atomic E-state index is 0.0627. The van der Waals surface area contributed by atoms with Crippen LogP contribution in [0.1, 0.15) is 13.2 Å². The zero-order valence-electron chi connectivity index (χ0n) is 10.3. The van der Waals surface area contributed by atoms with Crippen LogP contribution in [0.5, 0.6) is 0 Å². The normalized spacial score (nSPS) is 12.7. The molecule has 2 nitrogen and oxygen atoms in total. The predicted octanol–water partition coefficient (Wildman–Crippen LogP) is 4.47. The van der Waals surface area contributed by atoms with Crippen LogP contribution in [-0.2, 0) is 4.74 Å². The maximum atomic E-state index is 5.53. The van der Waals surface area contributed by atoms with E-state index in [9.17, 15) is 0 Å². The Morgan fingerprint density at radius 3 is 2.00 bits per heavy atom. The number of ether oxygens (including phenoxy) is 1. The van der Waals surface area contributed by atoms with Crippen LogP contribution in [0.15, 0.2) is 61.4 Å². The summed E-state index contributed by atoms with van der Waals surface area (Å²) in [6.07, 6.45) is 1.43. The van der Waals surface area contributed by atoms with Gasteiger partial charge in [-0.05, 0) is 19.1 Å². The van der Waals surface area contributed by atoms with Gasteiger partial charge in [-0.25, -0.2) is 0 Å². The third-order valence-corrected chi connectivity index (χ3v) is 3.27. The average Bonchev–Trinajstić information content (AvgIpc) is 2.73. The quantitative estimate of drug-likeness (QED) is 0.613. The van der Waals surface area contributed by atoms with Crippen molar-refractivity contribution in [1.82, 2.24) is 4.57 Å². The van der Waals surface area contributed by atoms with Crippen LogP contribution in [0.2, 0.25) is 0 Å². The summed E-state index contributed by atoms with van der Waals surface area (Å²) in [6, 6.07) is 16.8. The molecule has 0 aliphatic carbocycles. The highest BCUT2D eigenvalue weighted by Gasteiger charge is 2.13. The number of hydrogen-bond donors (Lipinski definition) is 0. The fourth-order valence-corrected chi connectivity index (χ4v) is 2.54. The molecule has 1 aromatic heterocycles. The zero-order chi connectivity index (χ0) is 12.5. The highest BCUT2D eigenvalue weighted by molar-refractivity contribution is 6.08. The summed E-state index contributed by atoms with van der Waals surface area (Å²) in [5, 5.41) is 2.51. The number of nitrogens with zero attached hydrogens (tertiary/aromatic N) is 1. The SMILES string of the molecule is C=COC(C)n1c2ccccc2c2ccccc21. The van der Waals surface area contributed by atoms with Gasteiger partial charge in [0.1, 0.15) is 0 Å². The Balaban J connectivity index is 2.41. The van der Waals surface area contributed by atoms with E-state index in [2.05, 4.69) is 59.7 Å². The molecule has 0 saturated carbocycles. The van der Waals surface area contributed by atoms with Gasteiger partial charge >= 0.3 is 0 Å². The first kappa shape index (κ1) is 10.9. The monoisotopic (exact) mass is 237 g/mol. The lowest BCUT2D eigenvalue weighted by Crippen LogP contribution is -2.05. The average molecular weight is 237 g/mol. The van der Waals surface area contributed by atoms with Crippen molar-refractivity contribution in [2.45, 2.75) is 13.2 Å². The van der Waals surface area contributed by atoms with Gasteiger partial charge in [0.15, 0.2) is 6.23 Å². The number of hydrogen-bond acceptors (Lipinski definition) is 1. The number of rotatable bonds is 3. The minimum atomic E-state index is -0.0627. The first-order valence-corrected chi connectivity index (χ1v) is 6.07. The molecule has 3 rings (SSSR count). The number of benzene rings is 2. The van der Waals surface area contributed by atoms with Crippen molar-refractivity contribution in [2.24, 2.45) is 0 Å². The van der Waals surface area contributed by atoms with Crippen molar-refractivity contribution >= 4 is 21.8 Å². The third-order valence-electron chi connectivity index (χ3n) is 3.27. The van der Waals surface area contributed by atoms with Gasteiger partial charge in [0.25, 0.3) is 0 Å². The second-order valence-electron chi connectivity index (χ2n) is 4.31. The van der Waals surface area contributed by atoms with E-state index in [1.807, 2.05) is 6.92 Å². The van der Waals surface area contributed by atoms with Crippen molar-refractivity contribution in [3.8, 4) is 0 Å². The standard InChI is InChI=1S/C16H15NO/c1-3-18-12(2)17-15-10-6-4-8-13(15)14-9-5-7-11-16(14)17/h3-12H,1H2,2H3. The molecule has 2 aromatic carbocycles. The van der Waals surface area contributed by atoms with Gasteiger partial charge < -0.3 is 9.30 Å². The van der Waals surface area contributed by atoms with Gasteiger partial charge in [-0.1, -0.05) is 43.0 Å². The van der Waals surface area contributed by atoms with Crippen molar-refractivity contribution in [1.29, 1.82) is 0 Å². The number of aromatic nitrogens is 1. The van der Waals surface area contributed by atoms with E-state index in [4.69, 9.17) is 4.74 Å². The molecule has 0 spiro atoms. The molecule has 1 atom stereocenters. The highest BCUT2D eigenvalue weighted by atomic mass is 16.5. The minimum Gasteiger partial charge on any atom is -0.479 e. The summed E-state index contributed by atoms with van der Waals surface area (Å²) in [5.41, 5.74) is 2.38. The van der Waals surface area contributed by atoms with Crippen LogP contribution >= 0.6 is 0 Å². The van der Waals surface area contributed by atoms with Crippen molar-refractivity contribution in [3.05, 3.63) is 61.4 Å². The van der Waals surface area contributed by atoms with Crippen LogP contribution in [0.25, 0.3) is 21.8 Å². The maximum Gasteiger partial charge on any atom is 0.172 e. The largest absolute Gasteiger partial charge is 0.479 e. The molecule has 0 bridgehead atoms. The molecule has 18 heavy (non-hydrogen) atoms. The molecule has 0 saturated heterocycles. The molecule has 0 aliphatic rings. The lowest BCUT2D eigenvalue weighted by atomic mass is 10.2. The Morgan fingerprint density at radius 2 is 1.50 bits per heavy atom. The van der Waals surface area contributed by atoms with E-state index < -0.39 is 0 Å². The van der Waals surface area contributed by atoms with E-state index in [-0.39, 0.29) is 6.23 Å². The lowest BCUT2D eigenvalue weighted by Gasteiger charge is -2.15. The second-order valence-corrected chi connectivity index (χ2v) is 4.31. The van der Waals surface area contributed by atoms with Crippen molar-refractivity contribution < 1.29 is 4.74 Å². The van der Waals surface area contributed by atoms with Crippen LogP contribution in [-0.4, -0.2) is 4.57 Å². The molecule has 0 N–H and O–H groups in total. The molecule has 0 radical (unpaired) electrons. The molecule has 2 heteroatoms. The molecule has 1 unspecified atom stereocenters. The summed E-state index contributed by atoms with van der Waals surface area (Å²) in [7, 11) is 0. The Bertz CT molecular complexity index is 658.